The lowest BCUT2D eigenvalue weighted by atomic mass is 10.2. The van der Waals surface area contributed by atoms with E-state index in [1.165, 1.54) is 18.2 Å². The van der Waals surface area contributed by atoms with E-state index in [0.29, 0.717) is 35.1 Å². The quantitative estimate of drug-likeness (QED) is 0.789. The van der Waals surface area contributed by atoms with Gasteiger partial charge in [-0.3, -0.25) is 9.59 Å². The lowest BCUT2D eigenvalue weighted by Gasteiger charge is -2.09. The van der Waals surface area contributed by atoms with Crippen LogP contribution in [0.1, 0.15) is 26.6 Å². The molecule has 2 aromatic rings. The lowest BCUT2D eigenvalue weighted by molar-refractivity contribution is 0.0935. The molecule has 23 heavy (non-hydrogen) atoms. The highest BCUT2D eigenvalue weighted by Crippen LogP contribution is 2.24. The van der Waals surface area contributed by atoms with Crippen molar-refractivity contribution in [3.05, 3.63) is 46.3 Å². The molecule has 0 radical (unpaired) electrons. The molecule has 0 unspecified atom stereocenters. The van der Waals surface area contributed by atoms with Gasteiger partial charge in [-0.25, -0.2) is 0 Å². The third-order valence-corrected chi connectivity index (χ3v) is 3.25. The van der Waals surface area contributed by atoms with Gasteiger partial charge in [0.15, 0.2) is 0 Å². The fourth-order valence-corrected chi connectivity index (χ4v) is 1.95. The Labute approximate surface area is 137 Å². The highest BCUT2D eigenvalue weighted by Gasteiger charge is 2.15. The molecule has 0 bridgehead atoms. The van der Waals surface area contributed by atoms with Crippen LogP contribution in [0.4, 0.5) is 5.69 Å². The molecule has 0 atom stereocenters. The Hall–Kier alpha value is -2.38. The highest BCUT2D eigenvalue weighted by molar-refractivity contribution is 6.34. The molecule has 7 nitrogen and oxygen atoms in total. The maximum atomic E-state index is 12.1. The molecule has 0 aliphatic carbocycles. The van der Waals surface area contributed by atoms with Gasteiger partial charge in [-0.1, -0.05) is 16.8 Å². The number of hydrogen-bond acceptors (Lipinski definition) is 5. The Morgan fingerprint density at radius 1 is 1.30 bits per heavy atom. The maximum absolute atomic E-state index is 12.1. The maximum Gasteiger partial charge on any atom is 0.294 e. The smallest absolute Gasteiger partial charge is 0.294 e. The summed E-state index contributed by atoms with van der Waals surface area (Å²) in [5.41, 5.74) is 1.27. The van der Waals surface area contributed by atoms with Gasteiger partial charge in [0, 0.05) is 25.3 Å². The molecule has 0 saturated carbocycles. The Balaban J connectivity index is 2.11. The Morgan fingerprint density at radius 3 is 2.74 bits per heavy atom. The first kappa shape index (κ1) is 17.0. The number of amides is 2. The van der Waals surface area contributed by atoms with Gasteiger partial charge in [0.25, 0.3) is 11.8 Å². The van der Waals surface area contributed by atoms with Gasteiger partial charge in [-0.15, -0.1) is 0 Å². The van der Waals surface area contributed by atoms with E-state index in [0.717, 1.165) is 0 Å². The van der Waals surface area contributed by atoms with Crippen LogP contribution < -0.4 is 10.6 Å². The normalized spacial score (nSPS) is 10.4. The second-order valence-electron chi connectivity index (χ2n) is 4.73. The number of benzene rings is 1. The topological polar surface area (TPSA) is 93.5 Å². The van der Waals surface area contributed by atoms with Crippen LogP contribution >= 0.6 is 11.6 Å². The van der Waals surface area contributed by atoms with Crippen LogP contribution in [0.15, 0.2) is 28.8 Å². The minimum absolute atomic E-state index is 0.0634. The van der Waals surface area contributed by atoms with E-state index < -0.39 is 5.91 Å². The summed E-state index contributed by atoms with van der Waals surface area (Å²) in [6.45, 7) is 2.50. The Kier molecular flexibility index (Phi) is 5.72. The van der Waals surface area contributed by atoms with Crippen molar-refractivity contribution in [1.29, 1.82) is 0 Å². The predicted octanol–water partition coefficient (Wildman–Crippen LogP) is 2.26. The average Bonchev–Trinajstić information content (AvgIpc) is 2.96. The number of carbonyl (C=O) groups is 2. The van der Waals surface area contributed by atoms with Crippen LogP contribution in [-0.2, 0) is 4.74 Å². The van der Waals surface area contributed by atoms with Crippen molar-refractivity contribution in [1.82, 2.24) is 10.5 Å². The molecule has 0 fully saturated rings. The molecule has 8 heteroatoms. The monoisotopic (exact) mass is 337 g/mol. The second kappa shape index (κ2) is 7.75. The van der Waals surface area contributed by atoms with E-state index >= 15 is 0 Å². The first-order chi connectivity index (χ1) is 11.0. The largest absolute Gasteiger partial charge is 0.383 e. The minimum Gasteiger partial charge on any atom is -0.383 e. The molecule has 122 valence electrons. The third kappa shape index (κ3) is 4.54. The molecular weight excluding hydrogens is 322 g/mol. The van der Waals surface area contributed by atoms with Crippen LogP contribution in [0.5, 0.6) is 0 Å². The number of carbonyl (C=O) groups excluding carboxylic acids is 2. The molecule has 1 heterocycles. The van der Waals surface area contributed by atoms with Crippen molar-refractivity contribution in [2.24, 2.45) is 0 Å². The minimum atomic E-state index is -0.496. The van der Waals surface area contributed by atoms with Crippen molar-refractivity contribution in [2.75, 3.05) is 25.6 Å². The highest BCUT2D eigenvalue weighted by atomic mass is 35.5. The van der Waals surface area contributed by atoms with Crippen molar-refractivity contribution in [2.45, 2.75) is 6.92 Å². The van der Waals surface area contributed by atoms with Crippen molar-refractivity contribution in [3.63, 3.8) is 0 Å². The zero-order chi connectivity index (χ0) is 16.8. The Morgan fingerprint density at radius 2 is 2.09 bits per heavy atom. The van der Waals surface area contributed by atoms with Gasteiger partial charge >= 0.3 is 0 Å². The summed E-state index contributed by atoms with van der Waals surface area (Å²) in [5.74, 6) is -0.720. The van der Waals surface area contributed by atoms with E-state index in [9.17, 15) is 9.59 Å². The summed E-state index contributed by atoms with van der Waals surface area (Å²) in [6.07, 6.45) is 0. The summed E-state index contributed by atoms with van der Waals surface area (Å²) in [7, 11) is 1.55. The number of halogens is 1. The SMILES string of the molecule is COCCNC(=O)c1ccc(Cl)c(NC(=O)c2cc(C)no2)c1. The fourth-order valence-electron chi connectivity index (χ4n) is 1.79. The number of rotatable bonds is 6. The van der Waals surface area contributed by atoms with Crippen molar-refractivity contribution < 1.29 is 18.8 Å². The summed E-state index contributed by atoms with van der Waals surface area (Å²) in [4.78, 5) is 24.0. The van der Waals surface area contributed by atoms with Gasteiger partial charge in [-0.2, -0.15) is 0 Å². The number of aryl methyl sites for hydroxylation is 1. The summed E-state index contributed by atoms with van der Waals surface area (Å²) in [5, 5.41) is 9.23. The first-order valence-electron chi connectivity index (χ1n) is 6.82. The molecule has 2 rings (SSSR count). The summed E-state index contributed by atoms with van der Waals surface area (Å²) >= 11 is 6.05. The first-order valence-corrected chi connectivity index (χ1v) is 7.20. The van der Waals surface area contributed by atoms with E-state index in [-0.39, 0.29) is 11.7 Å². The standard InChI is InChI=1S/C15H16ClN3O4/c1-9-7-13(23-19-9)15(21)18-12-8-10(3-4-11(12)16)14(20)17-5-6-22-2/h3-4,7-8H,5-6H2,1-2H3,(H,17,20)(H,18,21). The van der Waals surface area contributed by atoms with Crippen molar-refractivity contribution in [3.8, 4) is 0 Å². The van der Waals surface area contributed by atoms with Gasteiger partial charge in [-0.05, 0) is 25.1 Å². The molecule has 2 amide bonds. The van der Waals surface area contributed by atoms with Gasteiger partial charge in [0.1, 0.15) is 0 Å². The average molecular weight is 338 g/mol. The molecule has 1 aromatic carbocycles. The molecule has 0 spiro atoms. The zero-order valence-corrected chi connectivity index (χ0v) is 13.4. The van der Waals surface area contributed by atoms with Gasteiger partial charge in [0.2, 0.25) is 5.76 Å². The molecule has 2 N–H and O–H groups in total. The van der Waals surface area contributed by atoms with Crippen molar-refractivity contribution >= 4 is 29.1 Å². The van der Waals surface area contributed by atoms with E-state index in [1.807, 2.05) is 0 Å². The van der Waals surface area contributed by atoms with Gasteiger partial charge < -0.3 is 19.9 Å². The molecule has 0 saturated heterocycles. The van der Waals surface area contributed by atoms with Crippen LogP contribution in [0.2, 0.25) is 5.02 Å². The summed E-state index contributed by atoms with van der Waals surface area (Å²) < 4.78 is 9.75. The number of ether oxygens (including phenoxy) is 1. The molecule has 1 aromatic heterocycles. The number of anilines is 1. The fraction of sp³-hybridized carbons (Fsp3) is 0.267. The van der Waals surface area contributed by atoms with E-state index in [4.69, 9.17) is 20.9 Å². The number of aromatic nitrogens is 1. The summed E-state index contributed by atoms with van der Waals surface area (Å²) in [6, 6.07) is 6.10. The van der Waals surface area contributed by atoms with Crippen LogP contribution in [-0.4, -0.2) is 37.2 Å². The number of nitrogens with one attached hydrogen (secondary N) is 2. The van der Waals surface area contributed by atoms with Crippen LogP contribution in [0, 0.1) is 6.92 Å². The predicted molar refractivity (Wildman–Crippen MR) is 84.9 cm³/mol. The molecular formula is C15H16ClN3O4. The number of methoxy groups -OCH3 is 1. The van der Waals surface area contributed by atoms with Gasteiger partial charge in [0.05, 0.1) is 23.0 Å². The lowest BCUT2D eigenvalue weighted by Crippen LogP contribution is -2.27. The number of hydrogen-bond donors (Lipinski definition) is 2. The Bertz CT molecular complexity index is 714. The number of nitrogens with zero attached hydrogens (tertiary/aromatic N) is 1. The van der Waals surface area contributed by atoms with E-state index in [2.05, 4.69) is 15.8 Å². The zero-order valence-electron chi connectivity index (χ0n) is 12.7. The molecule has 0 aliphatic rings. The van der Waals surface area contributed by atoms with E-state index in [1.54, 1.807) is 20.1 Å². The van der Waals surface area contributed by atoms with Crippen LogP contribution in [0.25, 0.3) is 0 Å². The molecule has 0 aliphatic heterocycles. The second-order valence-corrected chi connectivity index (χ2v) is 5.14. The third-order valence-electron chi connectivity index (χ3n) is 2.92. The van der Waals surface area contributed by atoms with Crippen LogP contribution in [0.3, 0.4) is 0 Å².